The van der Waals surface area contributed by atoms with Crippen LogP contribution in [0, 0.1) is 0 Å². The summed E-state index contributed by atoms with van der Waals surface area (Å²) in [6.07, 6.45) is 0. The lowest BCUT2D eigenvalue weighted by atomic mass is 10.2. The molecule has 6 heteroatoms. The van der Waals surface area contributed by atoms with Crippen molar-refractivity contribution in [3.05, 3.63) is 24.3 Å². The normalized spacial score (nSPS) is 10.1. The van der Waals surface area contributed by atoms with Crippen molar-refractivity contribution in [1.29, 1.82) is 0 Å². The Morgan fingerprint density at radius 1 is 1.05 bits per heavy atom. The lowest BCUT2D eigenvalue weighted by Crippen LogP contribution is -2.06. The van der Waals surface area contributed by atoms with Gasteiger partial charge in [0.2, 0.25) is 5.95 Å². The summed E-state index contributed by atoms with van der Waals surface area (Å²) >= 11 is 0. The first kappa shape index (κ1) is 13.1. The van der Waals surface area contributed by atoms with Crippen LogP contribution in [0.2, 0.25) is 0 Å². The Balaban J connectivity index is 2.51. The fraction of sp³-hybridized carbons (Fsp3) is 0.308. The first-order valence-corrected chi connectivity index (χ1v) is 5.95. The Kier molecular flexibility index (Phi) is 4.12. The number of hydrogen-bond acceptors (Lipinski definition) is 6. The predicted molar refractivity (Wildman–Crippen MR) is 72.5 cm³/mol. The minimum atomic E-state index is 0.270. The number of para-hydroxylation sites is 1. The molecule has 2 aromatic rings. The molecule has 1 N–H and O–H groups in total. The largest absolute Gasteiger partial charge is 0.496 e. The molecule has 100 valence electrons. The predicted octanol–water partition coefficient (Wildman–Crippen LogP) is 1.99. The molecule has 0 fully saturated rings. The van der Waals surface area contributed by atoms with Crippen LogP contribution >= 0.6 is 0 Å². The van der Waals surface area contributed by atoms with Crippen LogP contribution in [0.1, 0.15) is 6.92 Å². The molecule has 0 saturated carbocycles. The van der Waals surface area contributed by atoms with Crippen LogP contribution in [-0.2, 0) is 0 Å². The summed E-state index contributed by atoms with van der Waals surface area (Å²) in [5, 5.41) is 3.05. The number of aromatic nitrogens is 3. The highest BCUT2D eigenvalue weighted by Crippen LogP contribution is 2.28. The van der Waals surface area contributed by atoms with E-state index in [0.717, 1.165) is 12.1 Å². The monoisotopic (exact) mass is 260 g/mol. The third-order valence-corrected chi connectivity index (χ3v) is 2.48. The Labute approximate surface area is 111 Å². The molecule has 0 spiro atoms. The van der Waals surface area contributed by atoms with Crippen molar-refractivity contribution in [2.45, 2.75) is 6.92 Å². The quantitative estimate of drug-likeness (QED) is 0.886. The van der Waals surface area contributed by atoms with Crippen molar-refractivity contribution in [2.24, 2.45) is 0 Å². The van der Waals surface area contributed by atoms with E-state index in [1.807, 2.05) is 31.2 Å². The van der Waals surface area contributed by atoms with Crippen molar-refractivity contribution < 1.29 is 9.47 Å². The second kappa shape index (κ2) is 5.99. The van der Waals surface area contributed by atoms with Crippen molar-refractivity contribution >= 4 is 5.95 Å². The van der Waals surface area contributed by atoms with Gasteiger partial charge >= 0.3 is 6.01 Å². The Hall–Kier alpha value is -2.37. The van der Waals surface area contributed by atoms with Gasteiger partial charge in [-0.25, -0.2) is 0 Å². The van der Waals surface area contributed by atoms with Crippen molar-refractivity contribution in [2.75, 3.05) is 26.1 Å². The van der Waals surface area contributed by atoms with Gasteiger partial charge in [-0.2, -0.15) is 15.0 Å². The summed E-state index contributed by atoms with van der Waals surface area (Å²) in [6.45, 7) is 2.69. The van der Waals surface area contributed by atoms with Gasteiger partial charge in [0.15, 0.2) is 5.82 Å². The molecule has 0 bridgehead atoms. The lowest BCUT2D eigenvalue weighted by molar-refractivity contribution is 0.379. The molecule has 0 unspecified atom stereocenters. The number of nitrogens with one attached hydrogen (secondary N) is 1. The van der Waals surface area contributed by atoms with Gasteiger partial charge in [-0.3, -0.25) is 0 Å². The van der Waals surface area contributed by atoms with Crippen molar-refractivity contribution in [3.63, 3.8) is 0 Å². The maximum Gasteiger partial charge on any atom is 0.321 e. The van der Waals surface area contributed by atoms with Gasteiger partial charge in [-0.1, -0.05) is 12.1 Å². The van der Waals surface area contributed by atoms with Gasteiger partial charge < -0.3 is 14.8 Å². The number of ether oxygens (including phenoxy) is 2. The highest BCUT2D eigenvalue weighted by molar-refractivity contribution is 5.64. The van der Waals surface area contributed by atoms with E-state index in [0.29, 0.717) is 17.5 Å². The standard InChI is InChI=1S/C13H16N4O2/c1-4-14-12-15-11(16-13(17-12)19-3)9-7-5-6-8-10(9)18-2/h5-8H,4H2,1-3H3,(H,14,15,16,17). The zero-order chi connectivity index (χ0) is 13.7. The van der Waals surface area contributed by atoms with Gasteiger partial charge in [0.25, 0.3) is 0 Å². The molecule has 0 aliphatic rings. The second-order valence-electron chi connectivity index (χ2n) is 3.70. The van der Waals surface area contributed by atoms with E-state index in [1.165, 1.54) is 7.11 Å². The van der Waals surface area contributed by atoms with Crippen LogP contribution in [0.25, 0.3) is 11.4 Å². The Morgan fingerprint density at radius 2 is 1.84 bits per heavy atom. The molecule has 0 atom stereocenters. The van der Waals surface area contributed by atoms with Gasteiger partial charge in [0.1, 0.15) is 5.75 Å². The van der Waals surface area contributed by atoms with E-state index in [1.54, 1.807) is 7.11 Å². The zero-order valence-corrected chi connectivity index (χ0v) is 11.2. The number of nitrogens with zero attached hydrogens (tertiary/aromatic N) is 3. The number of anilines is 1. The maximum atomic E-state index is 5.31. The fourth-order valence-corrected chi connectivity index (χ4v) is 1.63. The van der Waals surface area contributed by atoms with E-state index < -0.39 is 0 Å². The average molecular weight is 260 g/mol. The Bertz CT molecular complexity index is 560. The molecule has 2 rings (SSSR count). The van der Waals surface area contributed by atoms with Crippen LogP contribution in [0.5, 0.6) is 11.8 Å². The van der Waals surface area contributed by atoms with Crippen LogP contribution in [0.15, 0.2) is 24.3 Å². The van der Waals surface area contributed by atoms with Crippen molar-refractivity contribution in [1.82, 2.24) is 15.0 Å². The molecular formula is C13H16N4O2. The number of methoxy groups -OCH3 is 2. The molecule has 0 saturated heterocycles. The van der Waals surface area contributed by atoms with Crippen LogP contribution in [-0.4, -0.2) is 35.7 Å². The van der Waals surface area contributed by atoms with Crippen LogP contribution < -0.4 is 14.8 Å². The van der Waals surface area contributed by atoms with E-state index in [-0.39, 0.29) is 6.01 Å². The molecule has 1 heterocycles. The summed E-state index contributed by atoms with van der Waals surface area (Å²) in [5.41, 5.74) is 0.796. The Morgan fingerprint density at radius 3 is 2.53 bits per heavy atom. The number of benzene rings is 1. The molecule has 0 radical (unpaired) electrons. The van der Waals surface area contributed by atoms with Crippen LogP contribution in [0.4, 0.5) is 5.95 Å². The SMILES string of the molecule is CCNc1nc(OC)nc(-c2ccccc2OC)n1. The van der Waals surface area contributed by atoms with Gasteiger partial charge in [-0.05, 0) is 19.1 Å². The summed E-state index contributed by atoms with van der Waals surface area (Å²) in [7, 11) is 3.14. The molecule has 1 aromatic carbocycles. The number of hydrogen-bond donors (Lipinski definition) is 1. The van der Waals surface area contributed by atoms with Crippen molar-refractivity contribution in [3.8, 4) is 23.1 Å². The molecule has 1 aromatic heterocycles. The fourth-order valence-electron chi connectivity index (χ4n) is 1.63. The zero-order valence-electron chi connectivity index (χ0n) is 11.2. The summed E-state index contributed by atoms with van der Waals surface area (Å²) < 4.78 is 10.4. The maximum absolute atomic E-state index is 5.31. The minimum absolute atomic E-state index is 0.270. The molecule has 0 aliphatic heterocycles. The van der Waals surface area contributed by atoms with E-state index in [4.69, 9.17) is 9.47 Å². The smallest absolute Gasteiger partial charge is 0.321 e. The first-order chi connectivity index (χ1) is 9.28. The highest BCUT2D eigenvalue weighted by Gasteiger charge is 2.12. The average Bonchev–Trinajstić information content (AvgIpc) is 2.47. The summed E-state index contributed by atoms with van der Waals surface area (Å²) in [6, 6.07) is 7.82. The second-order valence-corrected chi connectivity index (χ2v) is 3.70. The van der Waals surface area contributed by atoms with Gasteiger partial charge in [0.05, 0.1) is 19.8 Å². The minimum Gasteiger partial charge on any atom is -0.496 e. The highest BCUT2D eigenvalue weighted by atomic mass is 16.5. The number of rotatable bonds is 5. The lowest BCUT2D eigenvalue weighted by Gasteiger charge is -2.09. The molecule has 0 amide bonds. The molecule has 19 heavy (non-hydrogen) atoms. The molecular weight excluding hydrogens is 244 g/mol. The van der Waals surface area contributed by atoms with E-state index in [9.17, 15) is 0 Å². The summed E-state index contributed by atoms with van der Waals surface area (Å²) in [4.78, 5) is 12.7. The first-order valence-electron chi connectivity index (χ1n) is 5.95. The van der Waals surface area contributed by atoms with Crippen LogP contribution in [0.3, 0.4) is 0 Å². The van der Waals surface area contributed by atoms with Gasteiger partial charge in [0, 0.05) is 6.54 Å². The molecule has 0 aliphatic carbocycles. The third-order valence-electron chi connectivity index (χ3n) is 2.48. The van der Waals surface area contributed by atoms with E-state index >= 15 is 0 Å². The molecule has 6 nitrogen and oxygen atoms in total. The van der Waals surface area contributed by atoms with Gasteiger partial charge in [-0.15, -0.1) is 0 Å². The summed E-state index contributed by atoms with van der Waals surface area (Å²) in [5.74, 6) is 1.70. The van der Waals surface area contributed by atoms with E-state index in [2.05, 4.69) is 20.3 Å². The topological polar surface area (TPSA) is 69.2 Å². The third kappa shape index (κ3) is 2.90.